The van der Waals surface area contributed by atoms with Crippen LogP contribution in [0.1, 0.15) is 10.6 Å². The van der Waals surface area contributed by atoms with Crippen molar-refractivity contribution in [2.24, 2.45) is 0 Å². The number of pyridine rings is 1. The van der Waals surface area contributed by atoms with Crippen LogP contribution in [0.5, 0.6) is 0 Å². The van der Waals surface area contributed by atoms with Gasteiger partial charge in [0.15, 0.2) is 0 Å². The van der Waals surface area contributed by atoms with Crippen molar-refractivity contribution in [2.45, 2.75) is 6.42 Å². The molecule has 0 radical (unpaired) electrons. The summed E-state index contributed by atoms with van der Waals surface area (Å²) in [6.45, 7) is 0. The Hall–Kier alpha value is -1.94. The van der Waals surface area contributed by atoms with Crippen molar-refractivity contribution < 1.29 is 0 Å². The molecular weight excluding hydrogens is 230 g/mol. The molecule has 84 valence electrons. The van der Waals surface area contributed by atoms with E-state index in [1.165, 1.54) is 10.3 Å². The molecule has 17 heavy (non-hydrogen) atoms. The highest BCUT2D eigenvalue weighted by Gasteiger charge is 2.04. The third kappa shape index (κ3) is 2.12. The Morgan fingerprint density at radius 3 is 2.71 bits per heavy atom. The number of nitrogen functional groups attached to an aromatic ring is 1. The van der Waals surface area contributed by atoms with Crippen molar-refractivity contribution in [1.29, 1.82) is 0 Å². The average molecular weight is 241 g/mol. The highest BCUT2D eigenvalue weighted by molar-refractivity contribution is 7.18. The molecule has 2 aromatic heterocycles. The second kappa shape index (κ2) is 4.14. The molecule has 0 aliphatic carbocycles. The second-order valence-corrected chi connectivity index (χ2v) is 4.98. The van der Waals surface area contributed by atoms with Crippen LogP contribution in [0.3, 0.4) is 0 Å². The number of anilines is 1. The number of fused-ring (bicyclic) bond motifs is 1. The zero-order valence-electron chi connectivity index (χ0n) is 9.13. The topological polar surface area (TPSA) is 51.8 Å². The molecule has 0 bridgehead atoms. The molecule has 0 unspecified atom stereocenters. The number of nitrogens with two attached hydrogens (primary N) is 1. The standard InChI is InChI=1S/C13H11N3S/c14-10-3-1-9(2-4-10)7-13-16-11-8-15-6-5-12(11)17-13/h1-6,8H,7,14H2. The second-order valence-electron chi connectivity index (χ2n) is 3.87. The number of hydrogen-bond donors (Lipinski definition) is 1. The fourth-order valence-corrected chi connectivity index (χ4v) is 2.68. The minimum Gasteiger partial charge on any atom is -0.399 e. The zero-order chi connectivity index (χ0) is 11.7. The van der Waals surface area contributed by atoms with Gasteiger partial charge in [-0.15, -0.1) is 11.3 Å². The van der Waals surface area contributed by atoms with E-state index in [2.05, 4.69) is 9.97 Å². The van der Waals surface area contributed by atoms with Crippen LogP contribution in [0.4, 0.5) is 5.69 Å². The number of aromatic nitrogens is 2. The summed E-state index contributed by atoms with van der Waals surface area (Å²) >= 11 is 1.71. The minimum atomic E-state index is 0.794. The summed E-state index contributed by atoms with van der Waals surface area (Å²) < 4.78 is 1.19. The average Bonchev–Trinajstić information content (AvgIpc) is 2.74. The van der Waals surface area contributed by atoms with E-state index in [1.54, 1.807) is 23.7 Å². The van der Waals surface area contributed by atoms with E-state index in [1.807, 2.05) is 30.3 Å². The Morgan fingerprint density at radius 2 is 1.94 bits per heavy atom. The highest BCUT2D eigenvalue weighted by atomic mass is 32.1. The number of rotatable bonds is 2. The largest absolute Gasteiger partial charge is 0.399 e. The summed E-state index contributed by atoms with van der Waals surface area (Å²) in [5, 5.41) is 1.11. The molecule has 1 aromatic carbocycles. The van der Waals surface area contributed by atoms with Gasteiger partial charge in [0, 0.05) is 18.3 Å². The van der Waals surface area contributed by atoms with Gasteiger partial charge in [-0.1, -0.05) is 12.1 Å². The van der Waals surface area contributed by atoms with Gasteiger partial charge in [0.2, 0.25) is 0 Å². The summed E-state index contributed by atoms with van der Waals surface area (Å²) in [5.74, 6) is 0. The van der Waals surface area contributed by atoms with E-state index in [-0.39, 0.29) is 0 Å². The van der Waals surface area contributed by atoms with Crippen molar-refractivity contribution >= 4 is 27.2 Å². The summed E-state index contributed by atoms with van der Waals surface area (Å²) in [6, 6.07) is 9.92. The van der Waals surface area contributed by atoms with Crippen LogP contribution in [0.25, 0.3) is 10.2 Å². The molecule has 2 N–H and O–H groups in total. The van der Waals surface area contributed by atoms with Gasteiger partial charge in [0.05, 0.1) is 21.4 Å². The highest BCUT2D eigenvalue weighted by Crippen LogP contribution is 2.23. The van der Waals surface area contributed by atoms with Crippen molar-refractivity contribution in [3.8, 4) is 0 Å². The van der Waals surface area contributed by atoms with Crippen LogP contribution in [-0.4, -0.2) is 9.97 Å². The fourth-order valence-electron chi connectivity index (χ4n) is 1.71. The molecule has 0 fully saturated rings. The van der Waals surface area contributed by atoms with Gasteiger partial charge in [0.1, 0.15) is 0 Å². The minimum absolute atomic E-state index is 0.794. The van der Waals surface area contributed by atoms with E-state index in [4.69, 9.17) is 5.73 Å². The van der Waals surface area contributed by atoms with Crippen molar-refractivity contribution in [3.63, 3.8) is 0 Å². The predicted octanol–water partition coefficient (Wildman–Crippen LogP) is 2.86. The Balaban J connectivity index is 1.92. The number of benzene rings is 1. The van der Waals surface area contributed by atoms with Crippen molar-refractivity contribution in [3.05, 3.63) is 53.3 Å². The normalized spacial score (nSPS) is 10.8. The molecule has 0 saturated heterocycles. The van der Waals surface area contributed by atoms with E-state index in [9.17, 15) is 0 Å². The van der Waals surface area contributed by atoms with Crippen molar-refractivity contribution in [2.75, 3.05) is 5.73 Å². The Labute approximate surface area is 103 Å². The summed E-state index contributed by atoms with van der Waals surface area (Å²) in [6.07, 6.45) is 4.45. The molecular formula is C13H11N3S. The molecule has 3 rings (SSSR count). The molecule has 0 atom stereocenters. The Bertz CT molecular complexity index is 610. The Kier molecular flexibility index (Phi) is 2.49. The van der Waals surface area contributed by atoms with E-state index in [0.717, 1.165) is 22.6 Å². The summed E-state index contributed by atoms with van der Waals surface area (Å²) in [5.41, 5.74) is 8.66. The first-order valence-corrected chi connectivity index (χ1v) is 6.17. The smallest absolute Gasteiger partial charge is 0.0998 e. The molecule has 4 heteroatoms. The third-order valence-corrected chi connectivity index (χ3v) is 3.61. The number of nitrogens with zero attached hydrogens (tertiary/aromatic N) is 2. The maximum atomic E-state index is 5.66. The lowest BCUT2D eigenvalue weighted by Crippen LogP contribution is -1.88. The van der Waals surface area contributed by atoms with Gasteiger partial charge >= 0.3 is 0 Å². The van der Waals surface area contributed by atoms with E-state index < -0.39 is 0 Å². The number of thiazole rings is 1. The lowest BCUT2D eigenvalue weighted by atomic mass is 10.1. The van der Waals surface area contributed by atoms with Gasteiger partial charge in [-0.25, -0.2) is 4.98 Å². The van der Waals surface area contributed by atoms with Crippen LogP contribution >= 0.6 is 11.3 Å². The molecule has 0 spiro atoms. The monoisotopic (exact) mass is 241 g/mol. The van der Waals surface area contributed by atoms with Gasteiger partial charge in [-0.05, 0) is 23.8 Å². The van der Waals surface area contributed by atoms with Gasteiger partial charge in [-0.2, -0.15) is 0 Å². The van der Waals surface area contributed by atoms with E-state index >= 15 is 0 Å². The van der Waals surface area contributed by atoms with Crippen LogP contribution in [0, 0.1) is 0 Å². The maximum absolute atomic E-state index is 5.66. The van der Waals surface area contributed by atoms with Crippen molar-refractivity contribution in [1.82, 2.24) is 9.97 Å². The van der Waals surface area contributed by atoms with Gasteiger partial charge < -0.3 is 5.73 Å². The lowest BCUT2D eigenvalue weighted by Gasteiger charge is -1.98. The summed E-state index contributed by atoms with van der Waals surface area (Å²) in [7, 11) is 0. The molecule has 3 aromatic rings. The van der Waals surface area contributed by atoms with Crippen LogP contribution < -0.4 is 5.73 Å². The number of hydrogen-bond acceptors (Lipinski definition) is 4. The fraction of sp³-hybridized carbons (Fsp3) is 0.0769. The zero-order valence-corrected chi connectivity index (χ0v) is 9.95. The Morgan fingerprint density at radius 1 is 1.12 bits per heavy atom. The SMILES string of the molecule is Nc1ccc(Cc2nc3cnccc3s2)cc1. The lowest BCUT2D eigenvalue weighted by molar-refractivity contribution is 1.15. The molecule has 0 amide bonds. The third-order valence-electron chi connectivity index (χ3n) is 2.57. The summed E-state index contributed by atoms with van der Waals surface area (Å²) in [4.78, 5) is 8.63. The first-order valence-electron chi connectivity index (χ1n) is 5.35. The van der Waals surface area contributed by atoms with Crippen LogP contribution in [0.2, 0.25) is 0 Å². The molecule has 0 aliphatic rings. The van der Waals surface area contributed by atoms with Gasteiger partial charge in [0.25, 0.3) is 0 Å². The molecule has 2 heterocycles. The van der Waals surface area contributed by atoms with E-state index in [0.29, 0.717) is 0 Å². The van der Waals surface area contributed by atoms with Crippen LogP contribution in [0.15, 0.2) is 42.7 Å². The maximum Gasteiger partial charge on any atom is 0.0998 e. The van der Waals surface area contributed by atoms with Gasteiger partial charge in [-0.3, -0.25) is 4.98 Å². The molecule has 0 saturated carbocycles. The first kappa shape index (κ1) is 10.2. The quantitative estimate of drug-likeness (QED) is 0.702. The predicted molar refractivity (Wildman–Crippen MR) is 71.1 cm³/mol. The first-order chi connectivity index (χ1) is 8.31. The van der Waals surface area contributed by atoms with Crippen LogP contribution in [-0.2, 0) is 6.42 Å². The molecule has 3 nitrogen and oxygen atoms in total. The molecule has 0 aliphatic heterocycles.